The molecule has 27 heavy (non-hydrogen) atoms. The van der Waals surface area contributed by atoms with Crippen LogP contribution in [0.2, 0.25) is 0 Å². The summed E-state index contributed by atoms with van der Waals surface area (Å²) in [4.78, 5) is 35.2. The minimum absolute atomic E-state index is 0.208. The Morgan fingerprint density at radius 3 is 2.33 bits per heavy atom. The van der Waals surface area contributed by atoms with Gasteiger partial charge < -0.3 is 5.32 Å². The molecule has 0 spiro atoms. The van der Waals surface area contributed by atoms with Gasteiger partial charge in [0, 0.05) is 24.7 Å². The smallest absolute Gasteiger partial charge is 0.261 e. The fourth-order valence-corrected chi connectivity index (χ4v) is 3.91. The van der Waals surface area contributed by atoms with Gasteiger partial charge in [0.1, 0.15) is 5.82 Å². The summed E-state index contributed by atoms with van der Waals surface area (Å²) >= 11 is 1.52. The van der Waals surface area contributed by atoms with E-state index in [1.165, 1.54) is 16.7 Å². The first kappa shape index (κ1) is 17.5. The number of fused-ring (bicyclic) bond motifs is 2. The average molecular weight is 378 g/mol. The number of aromatic nitrogens is 2. The predicted octanol–water partition coefficient (Wildman–Crippen LogP) is 3.45. The molecular formula is C20H18N4O2S. The first-order chi connectivity index (χ1) is 13.2. The number of benzene rings is 2. The normalized spacial score (nSPS) is 13.3. The maximum absolute atomic E-state index is 12.4. The van der Waals surface area contributed by atoms with Crippen LogP contribution in [0, 0.1) is 0 Å². The lowest BCUT2D eigenvalue weighted by molar-refractivity contribution is 0.0655. The molecule has 2 aromatic carbocycles. The first-order valence-electron chi connectivity index (χ1n) is 8.71. The zero-order valence-electron chi connectivity index (χ0n) is 14.8. The zero-order valence-corrected chi connectivity index (χ0v) is 15.6. The van der Waals surface area contributed by atoms with Gasteiger partial charge in [0.25, 0.3) is 11.8 Å². The molecule has 2 amide bonds. The van der Waals surface area contributed by atoms with Crippen molar-refractivity contribution in [3.63, 3.8) is 0 Å². The summed E-state index contributed by atoms with van der Waals surface area (Å²) in [7, 11) is 1.84. The Labute approximate surface area is 161 Å². The van der Waals surface area contributed by atoms with E-state index in [4.69, 9.17) is 0 Å². The molecule has 0 bridgehead atoms. The van der Waals surface area contributed by atoms with Crippen molar-refractivity contribution < 1.29 is 9.59 Å². The van der Waals surface area contributed by atoms with Gasteiger partial charge in [-0.25, -0.2) is 9.97 Å². The van der Waals surface area contributed by atoms with Gasteiger partial charge in [-0.3, -0.25) is 14.5 Å². The van der Waals surface area contributed by atoms with Crippen molar-refractivity contribution in [1.29, 1.82) is 0 Å². The van der Waals surface area contributed by atoms with Gasteiger partial charge in [-0.1, -0.05) is 36.0 Å². The number of imide groups is 1. The van der Waals surface area contributed by atoms with E-state index in [0.717, 1.165) is 22.5 Å². The number of para-hydroxylation sites is 1. The molecule has 1 N–H and O–H groups in total. The van der Waals surface area contributed by atoms with Crippen molar-refractivity contribution in [3.05, 3.63) is 59.7 Å². The largest absolute Gasteiger partial charge is 0.372 e. The van der Waals surface area contributed by atoms with E-state index < -0.39 is 0 Å². The van der Waals surface area contributed by atoms with Crippen molar-refractivity contribution in [3.8, 4) is 0 Å². The van der Waals surface area contributed by atoms with Gasteiger partial charge in [-0.2, -0.15) is 0 Å². The number of hydrogen-bond donors (Lipinski definition) is 1. The Hall–Kier alpha value is -2.93. The minimum Gasteiger partial charge on any atom is -0.372 e. The summed E-state index contributed by atoms with van der Waals surface area (Å²) in [6, 6.07) is 14.8. The van der Waals surface area contributed by atoms with Crippen LogP contribution >= 0.6 is 11.8 Å². The molecule has 136 valence electrons. The molecule has 1 aromatic heterocycles. The molecule has 0 unspecified atom stereocenters. The number of anilines is 1. The number of carbonyl (C=O) groups excluding carboxylic acids is 2. The molecule has 1 aliphatic heterocycles. The standard InChI is InChI=1S/C20H18N4O2S/c1-21-17-15-9-4-5-10-16(15)22-20(23-17)27-12-6-11-24-18(25)13-7-2-3-8-14(13)19(24)26/h2-5,7-10H,6,11-12H2,1H3,(H,21,22,23). The topological polar surface area (TPSA) is 75.2 Å². The summed E-state index contributed by atoms with van der Waals surface area (Å²) in [5.41, 5.74) is 1.87. The van der Waals surface area contributed by atoms with Crippen LogP contribution in [0.25, 0.3) is 10.9 Å². The third-order valence-electron chi connectivity index (χ3n) is 4.45. The highest BCUT2D eigenvalue weighted by atomic mass is 32.2. The van der Waals surface area contributed by atoms with Crippen LogP contribution in [-0.2, 0) is 0 Å². The van der Waals surface area contributed by atoms with Crippen LogP contribution in [0.3, 0.4) is 0 Å². The highest BCUT2D eigenvalue weighted by Gasteiger charge is 2.34. The molecule has 4 rings (SSSR count). The molecular weight excluding hydrogens is 360 g/mol. The molecule has 2 heterocycles. The third-order valence-corrected chi connectivity index (χ3v) is 5.39. The van der Waals surface area contributed by atoms with Crippen LogP contribution in [0.1, 0.15) is 27.1 Å². The number of thioether (sulfide) groups is 1. The van der Waals surface area contributed by atoms with E-state index in [0.29, 0.717) is 29.2 Å². The van der Waals surface area contributed by atoms with E-state index in [-0.39, 0.29) is 11.8 Å². The summed E-state index contributed by atoms with van der Waals surface area (Å²) in [6.45, 7) is 0.395. The number of rotatable bonds is 6. The lowest BCUT2D eigenvalue weighted by Crippen LogP contribution is -2.31. The van der Waals surface area contributed by atoms with Gasteiger partial charge in [0.15, 0.2) is 5.16 Å². The zero-order chi connectivity index (χ0) is 18.8. The molecule has 0 saturated heterocycles. The molecule has 0 fully saturated rings. The average Bonchev–Trinajstić information content (AvgIpc) is 2.95. The van der Waals surface area contributed by atoms with Crippen LogP contribution in [0.5, 0.6) is 0 Å². The molecule has 0 radical (unpaired) electrons. The Balaban J connectivity index is 1.39. The second kappa shape index (κ2) is 7.36. The number of nitrogens with one attached hydrogen (secondary N) is 1. The minimum atomic E-state index is -0.208. The van der Waals surface area contributed by atoms with Crippen LogP contribution in [-0.4, -0.2) is 46.0 Å². The van der Waals surface area contributed by atoms with Crippen molar-refractivity contribution in [1.82, 2.24) is 14.9 Å². The van der Waals surface area contributed by atoms with Crippen molar-refractivity contribution >= 4 is 40.3 Å². The van der Waals surface area contributed by atoms with Crippen LogP contribution < -0.4 is 5.32 Å². The van der Waals surface area contributed by atoms with Gasteiger partial charge >= 0.3 is 0 Å². The molecule has 0 atom stereocenters. The van der Waals surface area contributed by atoms with Gasteiger partial charge in [-0.15, -0.1) is 0 Å². The Morgan fingerprint density at radius 1 is 0.963 bits per heavy atom. The summed E-state index contributed by atoms with van der Waals surface area (Å²) < 4.78 is 0. The lowest BCUT2D eigenvalue weighted by Gasteiger charge is -2.13. The summed E-state index contributed by atoms with van der Waals surface area (Å²) in [5.74, 6) is 1.10. The van der Waals surface area contributed by atoms with E-state index in [9.17, 15) is 9.59 Å². The monoisotopic (exact) mass is 378 g/mol. The molecule has 0 aliphatic carbocycles. The SMILES string of the molecule is CNc1nc(SCCCN2C(=O)c3ccccc3C2=O)nc2ccccc12. The molecule has 7 heteroatoms. The maximum atomic E-state index is 12.4. The lowest BCUT2D eigenvalue weighted by atomic mass is 10.1. The van der Waals surface area contributed by atoms with Crippen LogP contribution in [0.15, 0.2) is 53.7 Å². The van der Waals surface area contributed by atoms with E-state index in [1.807, 2.05) is 31.3 Å². The highest BCUT2D eigenvalue weighted by molar-refractivity contribution is 7.99. The Bertz CT molecular complexity index is 1000. The summed E-state index contributed by atoms with van der Waals surface area (Å²) in [5, 5.41) is 4.77. The molecule has 3 aromatic rings. The second-order valence-corrected chi connectivity index (χ2v) is 7.19. The van der Waals surface area contributed by atoms with Gasteiger partial charge in [-0.05, 0) is 30.7 Å². The number of carbonyl (C=O) groups is 2. The van der Waals surface area contributed by atoms with E-state index in [1.54, 1.807) is 24.3 Å². The maximum Gasteiger partial charge on any atom is 0.261 e. The second-order valence-electron chi connectivity index (χ2n) is 6.13. The van der Waals surface area contributed by atoms with Crippen molar-refractivity contribution in [2.75, 3.05) is 24.7 Å². The first-order valence-corrected chi connectivity index (χ1v) is 9.70. The third kappa shape index (κ3) is 3.26. The van der Waals surface area contributed by atoms with E-state index in [2.05, 4.69) is 15.3 Å². The quantitative estimate of drug-likeness (QED) is 0.306. The number of nitrogens with zero attached hydrogens (tertiary/aromatic N) is 3. The molecule has 6 nitrogen and oxygen atoms in total. The number of hydrogen-bond acceptors (Lipinski definition) is 6. The molecule has 0 saturated carbocycles. The fourth-order valence-electron chi connectivity index (χ4n) is 3.14. The van der Waals surface area contributed by atoms with Crippen molar-refractivity contribution in [2.24, 2.45) is 0 Å². The van der Waals surface area contributed by atoms with E-state index >= 15 is 0 Å². The Morgan fingerprint density at radius 2 is 1.63 bits per heavy atom. The van der Waals surface area contributed by atoms with Crippen molar-refractivity contribution in [2.45, 2.75) is 11.6 Å². The predicted molar refractivity (Wildman–Crippen MR) is 106 cm³/mol. The highest BCUT2D eigenvalue weighted by Crippen LogP contribution is 2.25. The van der Waals surface area contributed by atoms with Gasteiger partial charge in [0.05, 0.1) is 16.6 Å². The fraction of sp³-hybridized carbons (Fsp3) is 0.200. The summed E-state index contributed by atoms with van der Waals surface area (Å²) in [6.07, 6.45) is 0.682. The number of amides is 2. The van der Waals surface area contributed by atoms with Crippen LogP contribution in [0.4, 0.5) is 5.82 Å². The van der Waals surface area contributed by atoms with Gasteiger partial charge in [0.2, 0.25) is 0 Å². The Kier molecular flexibility index (Phi) is 4.77. The molecule has 1 aliphatic rings.